The largest absolute Gasteiger partial charge is 0.0801 e. The third-order valence-electron chi connectivity index (χ3n) is 2.64. The molecule has 72 valence electrons. The molecule has 0 N–H and O–H groups in total. The molecule has 0 fully saturated rings. The second kappa shape index (κ2) is 3.83. The van der Waals surface area contributed by atoms with Crippen LogP contribution in [0.3, 0.4) is 0 Å². The first-order valence-electron chi connectivity index (χ1n) is 5.24. The lowest BCUT2D eigenvalue weighted by atomic mass is 9.97. The van der Waals surface area contributed by atoms with Gasteiger partial charge in [-0.2, -0.15) is 0 Å². The van der Waals surface area contributed by atoms with Crippen LogP contribution in [0, 0.1) is 0 Å². The van der Waals surface area contributed by atoms with E-state index in [1.54, 1.807) is 0 Å². The Morgan fingerprint density at radius 2 is 1.71 bits per heavy atom. The minimum atomic E-state index is 0.612. The first-order valence-corrected chi connectivity index (χ1v) is 5.24. The number of hydrogen-bond acceptors (Lipinski definition) is 0. The smallest absolute Gasteiger partial charge is 0.0162 e. The predicted octanol–water partition coefficient (Wildman–Crippen LogP) is 4.24. The highest BCUT2D eigenvalue weighted by Gasteiger charge is 2.03. The van der Waals surface area contributed by atoms with Crippen molar-refractivity contribution >= 4 is 12.2 Å². The molecule has 1 aliphatic carbocycles. The summed E-state index contributed by atoms with van der Waals surface area (Å²) in [6, 6.07) is 6.75. The van der Waals surface area contributed by atoms with Gasteiger partial charge in [0.1, 0.15) is 0 Å². The van der Waals surface area contributed by atoms with Crippen molar-refractivity contribution in [1.82, 2.24) is 0 Å². The van der Waals surface area contributed by atoms with E-state index in [9.17, 15) is 0 Å². The third kappa shape index (κ3) is 1.79. The summed E-state index contributed by atoms with van der Waals surface area (Å²) in [5, 5.41) is 0. The van der Waals surface area contributed by atoms with Gasteiger partial charge in [0.15, 0.2) is 0 Å². The first kappa shape index (κ1) is 9.26. The predicted molar refractivity (Wildman–Crippen MR) is 63.2 cm³/mol. The molecule has 0 unspecified atom stereocenters. The molecular formula is C14H16. The van der Waals surface area contributed by atoms with Gasteiger partial charge in [0.2, 0.25) is 0 Å². The fourth-order valence-electron chi connectivity index (χ4n) is 1.72. The van der Waals surface area contributed by atoms with Gasteiger partial charge < -0.3 is 0 Å². The average molecular weight is 184 g/mol. The maximum Gasteiger partial charge on any atom is -0.0162 e. The standard InChI is InChI=1S/C14H16/c1-11(2)13-9-8-12-6-4-3-5-7-14(12)10-13/h4-11H,3H2,1-2H3. The average Bonchev–Trinajstić information content (AvgIpc) is 2.41. The summed E-state index contributed by atoms with van der Waals surface area (Å²) in [7, 11) is 0. The molecule has 0 bridgehead atoms. The minimum Gasteiger partial charge on any atom is -0.0801 e. The maximum atomic E-state index is 2.30. The monoisotopic (exact) mass is 184 g/mol. The lowest BCUT2D eigenvalue weighted by molar-refractivity contribution is 0.866. The molecule has 0 radical (unpaired) electrons. The van der Waals surface area contributed by atoms with Crippen molar-refractivity contribution < 1.29 is 0 Å². The van der Waals surface area contributed by atoms with Crippen LogP contribution in [-0.4, -0.2) is 0 Å². The second-order valence-electron chi connectivity index (χ2n) is 4.08. The topological polar surface area (TPSA) is 0 Å². The van der Waals surface area contributed by atoms with Crippen molar-refractivity contribution in [2.45, 2.75) is 26.2 Å². The zero-order valence-electron chi connectivity index (χ0n) is 8.83. The molecule has 0 saturated heterocycles. The fraction of sp³-hybridized carbons (Fsp3) is 0.286. The van der Waals surface area contributed by atoms with E-state index in [0.29, 0.717) is 5.92 Å². The van der Waals surface area contributed by atoms with Gasteiger partial charge in [0, 0.05) is 0 Å². The van der Waals surface area contributed by atoms with Crippen LogP contribution in [0.15, 0.2) is 30.4 Å². The van der Waals surface area contributed by atoms with Gasteiger partial charge >= 0.3 is 0 Å². The van der Waals surface area contributed by atoms with Crippen LogP contribution < -0.4 is 0 Å². The summed E-state index contributed by atoms with van der Waals surface area (Å²) in [5.74, 6) is 0.612. The summed E-state index contributed by atoms with van der Waals surface area (Å²) < 4.78 is 0. The van der Waals surface area contributed by atoms with Gasteiger partial charge in [-0.3, -0.25) is 0 Å². The SMILES string of the molecule is CC(C)c1ccc2c(c1)C=CCC=C2. The lowest BCUT2D eigenvalue weighted by Gasteiger charge is -2.08. The van der Waals surface area contributed by atoms with Crippen LogP contribution in [0.2, 0.25) is 0 Å². The molecule has 0 amide bonds. The van der Waals surface area contributed by atoms with Crippen molar-refractivity contribution in [3.05, 3.63) is 47.0 Å². The molecule has 0 heteroatoms. The van der Waals surface area contributed by atoms with Gasteiger partial charge in [-0.15, -0.1) is 0 Å². The first-order chi connectivity index (χ1) is 6.77. The molecule has 1 aromatic rings. The molecule has 0 aromatic heterocycles. The number of allylic oxidation sites excluding steroid dienone is 2. The molecule has 0 saturated carbocycles. The van der Waals surface area contributed by atoms with E-state index < -0.39 is 0 Å². The highest BCUT2D eigenvalue weighted by Crippen LogP contribution is 2.22. The Morgan fingerprint density at radius 3 is 2.43 bits per heavy atom. The molecule has 0 nitrogen and oxygen atoms in total. The van der Waals surface area contributed by atoms with E-state index in [-0.39, 0.29) is 0 Å². The molecule has 0 heterocycles. The van der Waals surface area contributed by atoms with Crippen molar-refractivity contribution in [2.24, 2.45) is 0 Å². The van der Waals surface area contributed by atoms with Crippen LogP contribution in [0.25, 0.3) is 12.2 Å². The molecule has 2 rings (SSSR count). The lowest BCUT2D eigenvalue weighted by Crippen LogP contribution is -1.89. The van der Waals surface area contributed by atoms with Gasteiger partial charge in [-0.25, -0.2) is 0 Å². The third-order valence-corrected chi connectivity index (χ3v) is 2.64. The Labute approximate surface area is 86.0 Å². The van der Waals surface area contributed by atoms with E-state index in [0.717, 1.165) is 6.42 Å². The van der Waals surface area contributed by atoms with Crippen molar-refractivity contribution in [2.75, 3.05) is 0 Å². The summed E-state index contributed by atoms with van der Waals surface area (Å²) in [6.07, 6.45) is 9.90. The zero-order valence-corrected chi connectivity index (χ0v) is 8.83. The minimum absolute atomic E-state index is 0.612. The fourth-order valence-corrected chi connectivity index (χ4v) is 1.72. The van der Waals surface area contributed by atoms with E-state index >= 15 is 0 Å². The van der Waals surface area contributed by atoms with Crippen LogP contribution >= 0.6 is 0 Å². The molecular weight excluding hydrogens is 168 g/mol. The highest BCUT2D eigenvalue weighted by atomic mass is 14.1. The normalized spacial score (nSPS) is 14.2. The Morgan fingerprint density at radius 1 is 1.00 bits per heavy atom. The number of benzene rings is 1. The molecule has 1 aliphatic rings. The Bertz CT molecular complexity index is 381. The van der Waals surface area contributed by atoms with Crippen molar-refractivity contribution in [3.8, 4) is 0 Å². The van der Waals surface area contributed by atoms with Crippen LogP contribution in [0.4, 0.5) is 0 Å². The summed E-state index contributed by atoms with van der Waals surface area (Å²) in [4.78, 5) is 0. The van der Waals surface area contributed by atoms with E-state index in [1.807, 2.05) is 0 Å². The second-order valence-corrected chi connectivity index (χ2v) is 4.08. The maximum absolute atomic E-state index is 2.30. The van der Waals surface area contributed by atoms with E-state index in [2.05, 4.69) is 56.4 Å². The Balaban J connectivity index is 2.48. The summed E-state index contributed by atoms with van der Waals surface area (Å²) in [6.45, 7) is 4.47. The number of rotatable bonds is 1. The van der Waals surface area contributed by atoms with Crippen molar-refractivity contribution in [1.29, 1.82) is 0 Å². The number of hydrogen-bond donors (Lipinski definition) is 0. The molecule has 1 aromatic carbocycles. The van der Waals surface area contributed by atoms with E-state index in [4.69, 9.17) is 0 Å². The van der Waals surface area contributed by atoms with Crippen LogP contribution in [0.5, 0.6) is 0 Å². The quantitative estimate of drug-likeness (QED) is 0.612. The molecule has 0 aliphatic heterocycles. The van der Waals surface area contributed by atoms with Crippen molar-refractivity contribution in [3.63, 3.8) is 0 Å². The molecule has 0 atom stereocenters. The Hall–Kier alpha value is -1.30. The van der Waals surface area contributed by atoms with E-state index in [1.165, 1.54) is 16.7 Å². The zero-order chi connectivity index (χ0) is 9.97. The van der Waals surface area contributed by atoms with Crippen LogP contribution in [-0.2, 0) is 0 Å². The highest BCUT2D eigenvalue weighted by molar-refractivity contribution is 5.68. The summed E-state index contributed by atoms with van der Waals surface area (Å²) in [5.41, 5.74) is 4.11. The Kier molecular flexibility index (Phi) is 2.53. The number of fused-ring (bicyclic) bond motifs is 1. The summed E-state index contributed by atoms with van der Waals surface area (Å²) >= 11 is 0. The molecule has 14 heavy (non-hydrogen) atoms. The van der Waals surface area contributed by atoms with Crippen LogP contribution in [0.1, 0.15) is 42.9 Å². The molecule has 0 spiro atoms. The van der Waals surface area contributed by atoms with Gasteiger partial charge in [-0.05, 0) is 29.0 Å². The van der Waals surface area contributed by atoms with Gasteiger partial charge in [0.25, 0.3) is 0 Å². The van der Waals surface area contributed by atoms with Gasteiger partial charge in [-0.1, -0.05) is 56.4 Å². The van der Waals surface area contributed by atoms with Gasteiger partial charge in [0.05, 0.1) is 0 Å².